The van der Waals surface area contributed by atoms with Crippen molar-refractivity contribution in [3.8, 4) is 0 Å². The molecule has 2 aliphatic heterocycles. The molecule has 6 heteroatoms. The predicted octanol–water partition coefficient (Wildman–Crippen LogP) is 2.40. The molecule has 5 unspecified atom stereocenters. The Morgan fingerprint density at radius 1 is 0.920 bits per heavy atom. The average molecular weight is 372 g/mol. The van der Waals surface area contributed by atoms with Crippen LogP contribution in [0.1, 0.15) is 51.4 Å². The molecule has 5 nitrogen and oxygen atoms in total. The molecule has 0 aromatic rings. The number of rotatable bonds is 4. The molecule has 0 spiro atoms. The van der Waals surface area contributed by atoms with Gasteiger partial charge in [-0.1, -0.05) is 12.8 Å². The summed E-state index contributed by atoms with van der Waals surface area (Å²) in [7, 11) is 0. The van der Waals surface area contributed by atoms with E-state index < -0.39 is 0 Å². The maximum absolute atomic E-state index is 6.33. The lowest BCUT2D eigenvalue weighted by Gasteiger charge is -2.50. The second-order valence-electron chi connectivity index (χ2n) is 8.39. The number of hydrogen-bond acceptors (Lipinski definition) is 5. The molecule has 4 fully saturated rings. The van der Waals surface area contributed by atoms with Crippen LogP contribution in [0, 0.1) is 17.8 Å². The van der Waals surface area contributed by atoms with Gasteiger partial charge in [-0.2, -0.15) is 0 Å². The van der Waals surface area contributed by atoms with E-state index in [1.165, 1.54) is 51.4 Å². The maximum Gasteiger partial charge on any atom is 0.0934 e. The highest BCUT2D eigenvalue weighted by atomic mass is 35.5. The van der Waals surface area contributed by atoms with E-state index in [-0.39, 0.29) is 6.10 Å². The Balaban J connectivity index is 1.34. The van der Waals surface area contributed by atoms with E-state index in [1.807, 2.05) is 0 Å². The van der Waals surface area contributed by atoms with Crippen LogP contribution in [0.15, 0.2) is 0 Å². The molecule has 0 bridgehead atoms. The molecular formula is C19H34ClN3O2. The lowest BCUT2D eigenvalue weighted by molar-refractivity contribution is -0.0898. The van der Waals surface area contributed by atoms with Gasteiger partial charge in [0, 0.05) is 18.0 Å². The first kappa shape index (κ1) is 18.5. The fraction of sp³-hybridized carbons (Fsp3) is 1.00. The minimum absolute atomic E-state index is 0.189. The first-order chi connectivity index (χ1) is 12.3. The summed E-state index contributed by atoms with van der Waals surface area (Å²) in [6, 6.07) is 0.613. The average Bonchev–Trinajstić information content (AvgIpc) is 2.68. The number of hydrazine groups is 1. The summed E-state index contributed by atoms with van der Waals surface area (Å²) in [5, 5.41) is 4.13. The van der Waals surface area contributed by atoms with Crippen molar-refractivity contribution in [2.45, 2.75) is 75.1 Å². The van der Waals surface area contributed by atoms with E-state index in [0.29, 0.717) is 24.2 Å². The zero-order valence-corrected chi connectivity index (χ0v) is 16.0. The monoisotopic (exact) mass is 371 g/mol. The summed E-state index contributed by atoms with van der Waals surface area (Å²) in [5.41, 5.74) is 7.34. The van der Waals surface area contributed by atoms with Gasteiger partial charge in [-0.15, -0.1) is 11.6 Å². The molecule has 0 aromatic carbocycles. The van der Waals surface area contributed by atoms with Crippen LogP contribution in [0.3, 0.4) is 0 Å². The lowest BCUT2D eigenvalue weighted by atomic mass is 9.67. The lowest BCUT2D eigenvalue weighted by Crippen LogP contribution is -2.68. The zero-order chi connectivity index (χ0) is 17.1. The van der Waals surface area contributed by atoms with Crippen molar-refractivity contribution in [3.05, 3.63) is 0 Å². The SMILES string of the molecule is ClC1CCC(C2NNC(NCC3COCCO3)C3CCCCC32)CC1. The van der Waals surface area contributed by atoms with Crippen molar-refractivity contribution in [3.63, 3.8) is 0 Å². The molecule has 2 saturated heterocycles. The minimum atomic E-state index is 0.189. The first-order valence-electron chi connectivity index (χ1n) is 10.4. The van der Waals surface area contributed by atoms with Gasteiger partial charge >= 0.3 is 0 Å². The third-order valence-corrected chi connectivity index (χ3v) is 7.27. The Kier molecular flexibility index (Phi) is 6.53. The third-order valence-electron chi connectivity index (χ3n) is 6.83. The van der Waals surface area contributed by atoms with E-state index in [4.69, 9.17) is 21.1 Å². The number of nitrogens with one attached hydrogen (secondary N) is 3. The summed E-state index contributed by atoms with van der Waals surface area (Å²) in [4.78, 5) is 0. The summed E-state index contributed by atoms with van der Waals surface area (Å²) in [6.45, 7) is 3.03. The highest BCUT2D eigenvalue weighted by Gasteiger charge is 2.43. The summed E-state index contributed by atoms with van der Waals surface area (Å²) in [5.74, 6) is 2.29. The van der Waals surface area contributed by atoms with Crippen LogP contribution in [-0.2, 0) is 9.47 Å². The minimum Gasteiger partial charge on any atom is -0.376 e. The second kappa shape index (κ2) is 8.85. The number of hydrogen-bond donors (Lipinski definition) is 3. The van der Waals surface area contributed by atoms with Crippen LogP contribution in [0.5, 0.6) is 0 Å². The molecule has 25 heavy (non-hydrogen) atoms. The Labute approximate surface area is 156 Å². The van der Waals surface area contributed by atoms with Gasteiger partial charge in [0.05, 0.1) is 32.1 Å². The quantitative estimate of drug-likeness (QED) is 0.662. The normalized spacial score (nSPS) is 45.7. The summed E-state index contributed by atoms with van der Waals surface area (Å²) < 4.78 is 11.3. The number of fused-ring (bicyclic) bond motifs is 1. The highest BCUT2D eigenvalue weighted by Crippen LogP contribution is 2.41. The van der Waals surface area contributed by atoms with Gasteiger partial charge in [0.2, 0.25) is 0 Å². The van der Waals surface area contributed by atoms with Crippen LogP contribution in [0.2, 0.25) is 0 Å². The van der Waals surface area contributed by atoms with E-state index in [2.05, 4.69) is 16.2 Å². The second-order valence-corrected chi connectivity index (χ2v) is 9.01. The fourth-order valence-electron chi connectivity index (χ4n) is 5.47. The van der Waals surface area contributed by atoms with Crippen molar-refractivity contribution in [1.82, 2.24) is 16.2 Å². The van der Waals surface area contributed by atoms with Gasteiger partial charge in [0.1, 0.15) is 0 Å². The third kappa shape index (κ3) is 4.50. The van der Waals surface area contributed by atoms with Crippen molar-refractivity contribution in [2.75, 3.05) is 26.4 Å². The highest BCUT2D eigenvalue weighted by molar-refractivity contribution is 6.20. The van der Waals surface area contributed by atoms with E-state index in [1.54, 1.807) is 0 Å². The van der Waals surface area contributed by atoms with Gasteiger partial charge in [0.15, 0.2) is 0 Å². The molecule has 4 rings (SSSR count). The van der Waals surface area contributed by atoms with Gasteiger partial charge in [-0.05, 0) is 56.3 Å². The topological polar surface area (TPSA) is 54.5 Å². The van der Waals surface area contributed by atoms with Crippen molar-refractivity contribution < 1.29 is 9.47 Å². The molecule has 2 aliphatic carbocycles. The van der Waals surface area contributed by atoms with E-state index >= 15 is 0 Å². The largest absolute Gasteiger partial charge is 0.376 e. The van der Waals surface area contributed by atoms with Crippen molar-refractivity contribution in [2.24, 2.45) is 17.8 Å². The number of halogens is 1. The first-order valence-corrected chi connectivity index (χ1v) is 10.8. The molecule has 3 N–H and O–H groups in total. The Hall–Kier alpha value is 0.0900. The molecule has 2 heterocycles. The van der Waals surface area contributed by atoms with Gasteiger partial charge in [-0.3, -0.25) is 10.7 Å². The Bertz CT molecular complexity index is 413. The fourth-order valence-corrected chi connectivity index (χ4v) is 5.72. The van der Waals surface area contributed by atoms with Crippen molar-refractivity contribution >= 4 is 11.6 Å². The van der Waals surface area contributed by atoms with Gasteiger partial charge in [-0.25, -0.2) is 5.43 Å². The molecule has 2 saturated carbocycles. The van der Waals surface area contributed by atoms with Crippen LogP contribution in [0.4, 0.5) is 0 Å². The molecule has 0 amide bonds. The number of alkyl halides is 1. The van der Waals surface area contributed by atoms with E-state index in [0.717, 1.165) is 37.5 Å². The van der Waals surface area contributed by atoms with Crippen LogP contribution >= 0.6 is 11.6 Å². The van der Waals surface area contributed by atoms with Crippen LogP contribution < -0.4 is 16.2 Å². The smallest absolute Gasteiger partial charge is 0.0934 e. The molecule has 4 aliphatic rings. The number of ether oxygens (including phenoxy) is 2. The van der Waals surface area contributed by atoms with Crippen LogP contribution in [-0.4, -0.2) is 50.1 Å². The van der Waals surface area contributed by atoms with Crippen molar-refractivity contribution in [1.29, 1.82) is 0 Å². The molecule has 0 aromatic heterocycles. The van der Waals surface area contributed by atoms with Gasteiger partial charge in [0.25, 0.3) is 0 Å². The standard InChI is InChI=1S/C19H34ClN3O2/c20-14-7-5-13(6-8-14)18-16-3-1-2-4-17(16)19(23-22-18)21-11-15-12-24-9-10-25-15/h13-19,21-23H,1-12H2. The van der Waals surface area contributed by atoms with Gasteiger partial charge < -0.3 is 9.47 Å². The maximum atomic E-state index is 6.33. The Morgan fingerprint density at radius 2 is 1.72 bits per heavy atom. The van der Waals surface area contributed by atoms with Crippen LogP contribution in [0.25, 0.3) is 0 Å². The van der Waals surface area contributed by atoms with E-state index in [9.17, 15) is 0 Å². The zero-order valence-electron chi connectivity index (χ0n) is 15.2. The Morgan fingerprint density at radius 3 is 2.48 bits per heavy atom. The molecular weight excluding hydrogens is 338 g/mol. The molecule has 5 atom stereocenters. The molecule has 0 radical (unpaired) electrons. The predicted molar refractivity (Wildman–Crippen MR) is 99.5 cm³/mol. The molecule has 144 valence electrons. The summed E-state index contributed by atoms with van der Waals surface area (Å²) in [6.07, 6.45) is 10.9. The summed E-state index contributed by atoms with van der Waals surface area (Å²) >= 11 is 6.33.